The molecule has 0 saturated heterocycles. The highest BCUT2D eigenvalue weighted by Crippen LogP contribution is 2.20. The molecule has 0 bridgehead atoms. The van der Waals surface area contributed by atoms with Crippen molar-refractivity contribution in [2.24, 2.45) is 0 Å². The van der Waals surface area contributed by atoms with Gasteiger partial charge in [0.1, 0.15) is 12.2 Å². The summed E-state index contributed by atoms with van der Waals surface area (Å²) in [5.41, 5.74) is 8.78. The Morgan fingerprint density at radius 1 is 1.21 bits per heavy atom. The van der Waals surface area contributed by atoms with Gasteiger partial charge in [0.05, 0.1) is 11.3 Å². The second-order valence-corrected chi connectivity index (χ2v) is 6.89. The van der Waals surface area contributed by atoms with Gasteiger partial charge in [-0.3, -0.25) is 9.78 Å². The van der Waals surface area contributed by atoms with E-state index < -0.39 is 0 Å². The molecule has 4 N–H and O–H groups in total. The van der Waals surface area contributed by atoms with Gasteiger partial charge >= 0.3 is 0 Å². The molecule has 1 amide bonds. The number of carbonyl (C=O) groups excluding carboxylic acids is 1. The summed E-state index contributed by atoms with van der Waals surface area (Å²) in [6.07, 6.45) is 9.51. The maximum absolute atomic E-state index is 12.3. The minimum atomic E-state index is -0.119. The molecule has 0 saturated carbocycles. The molecule has 9 nitrogen and oxygen atoms in total. The van der Waals surface area contributed by atoms with E-state index in [1.165, 1.54) is 6.33 Å². The number of nitrogen functional groups attached to an aromatic ring is 1. The first-order valence-electron chi connectivity index (χ1n) is 10.0. The first-order valence-corrected chi connectivity index (χ1v) is 10.0. The quantitative estimate of drug-likeness (QED) is 0.450. The van der Waals surface area contributed by atoms with Crippen molar-refractivity contribution in [2.45, 2.75) is 45.6 Å². The monoisotopic (exact) mass is 396 g/mol. The van der Waals surface area contributed by atoms with Crippen molar-refractivity contribution in [2.75, 3.05) is 24.6 Å². The predicted octanol–water partition coefficient (Wildman–Crippen LogP) is 2.40. The Balaban J connectivity index is 1.56. The number of nitrogens with two attached hydrogens (primary N) is 1. The minimum Gasteiger partial charge on any atom is -0.387 e. The van der Waals surface area contributed by atoms with Crippen LogP contribution in [0.25, 0.3) is 11.2 Å². The largest absolute Gasteiger partial charge is 0.387 e. The van der Waals surface area contributed by atoms with Gasteiger partial charge < -0.3 is 20.9 Å². The molecule has 9 heteroatoms. The van der Waals surface area contributed by atoms with Gasteiger partial charge in [0.25, 0.3) is 5.91 Å². The van der Waals surface area contributed by atoms with Gasteiger partial charge in [-0.1, -0.05) is 13.3 Å². The fourth-order valence-corrected chi connectivity index (χ4v) is 3.16. The van der Waals surface area contributed by atoms with E-state index in [0.29, 0.717) is 23.4 Å². The molecule has 0 spiro atoms. The number of carbonyl (C=O) groups is 1. The van der Waals surface area contributed by atoms with Crippen molar-refractivity contribution >= 4 is 28.6 Å². The third kappa shape index (κ3) is 4.98. The molecule has 0 unspecified atom stereocenters. The molecule has 3 aromatic heterocycles. The van der Waals surface area contributed by atoms with Crippen molar-refractivity contribution < 1.29 is 4.79 Å². The summed E-state index contributed by atoms with van der Waals surface area (Å²) < 4.78 is 2.13. The first-order chi connectivity index (χ1) is 14.1. The summed E-state index contributed by atoms with van der Waals surface area (Å²) in [5.74, 6) is 1.29. The predicted molar refractivity (Wildman–Crippen MR) is 114 cm³/mol. The summed E-state index contributed by atoms with van der Waals surface area (Å²) in [6, 6.07) is 1.78. The Kier molecular flexibility index (Phi) is 6.94. The number of pyridine rings is 1. The van der Waals surface area contributed by atoms with Crippen LogP contribution in [0.15, 0.2) is 24.8 Å². The zero-order valence-corrected chi connectivity index (χ0v) is 17.0. The molecule has 3 rings (SSSR count). The second kappa shape index (κ2) is 9.81. The van der Waals surface area contributed by atoms with Gasteiger partial charge in [-0.05, 0) is 25.3 Å². The van der Waals surface area contributed by atoms with Gasteiger partial charge in [0, 0.05) is 39.0 Å². The Hall–Kier alpha value is -3.23. The molecule has 29 heavy (non-hydrogen) atoms. The topological polar surface area (TPSA) is 124 Å². The van der Waals surface area contributed by atoms with Gasteiger partial charge in [0.2, 0.25) is 0 Å². The molecular weight excluding hydrogens is 368 g/mol. The number of nitrogens with zero attached hydrogens (tertiary/aromatic N) is 5. The highest BCUT2D eigenvalue weighted by atomic mass is 16.1. The second-order valence-electron chi connectivity index (χ2n) is 6.89. The lowest BCUT2D eigenvalue weighted by Gasteiger charge is -2.09. The van der Waals surface area contributed by atoms with Crippen LogP contribution in [0, 0.1) is 0 Å². The van der Waals surface area contributed by atoms with Crippen molar-refractivity contribution in [1.29, 1.82) is 0 Å². The van der Waals surface area contributed by atoms with E-state index >= 15 is 0 Å². The number of imidazole rings is 1. The number of hydrogen-bond donors (Lipinski definition) is 3. The van der Waals surface area contributed by atoms with Crippen LogP contribution in [0.1, 0.15) is 48.8 Å². The molecule has 0 aliphatic heterocycles. The van der Waals surface area contributed by atoms with Crippen molar-refractivity contribution in [3.05, 3.63) is 36.2 Å². The molecule has 3 heterocycles. The highest BCUT2D eigenvalue weighted by molar-refractivity contribution is 5.94. The number of fused-ring (bicyclic) bond motifs is 1. The summed E-state index contributed by atoms with van der Waals surface area (Å²) in [6.45, 7) is 3.53. The summed E-state index contributed by atoms with van der Waals surface area (Å²) in [4.78, 5) is 29.4. The Labute approximate surface area is 170 Å². The molecule has 0 atom stereocenters. The number of nitrogens with one attached hydrogen (secondary N) is 2. The van der Waals surface area contributed by atoms with Crippen molar-refractivity contribution in [3.8, 4) is 0 Å². The Bertz CT molecular complexity index is 968. The average molecular weight is 396 g/mol. The average Bonchev–Trinajstić information content (AvgIpc) is 3.10. The molecule has 0 aliphatic carbocycles. The van der Waals surface area contributed by atoms with Crippen LogP contribution in [0.3, 0.4) is 0 Å². The minimum absolute atomic E-state index is 0.119. The van der Waals surface area contributed by atoms with Gasteiger partial charge in [-0.25, -0.2) is 15.0 Å². The standard InChI is InChI=1S/C20H28N8O/c1-3-4-7-16-27-17-18(21)25-13-26-19(17)28(16)9-6-5-8-24-20(29)14-10-15(22-2)12-23-11-14/h10-13,22H,3-9H2,1-2H3,(H,24,29)(H2,21,25,26). The zero-order valence-electron chi connectivity index (χ0n) is 17.0. The SMILES string of the molecule is CCCCc1nc2c(N)ncnc2n1CCCCNC(=O)c1cncc(NC)c1. The zero-order chi connectivity index (χ0) is 20.6. The van der Waals surface area contributed by atoms with E-state index in [1.54, 1.807) is 25.5 Å². The van der Waals surface area contributed by atoms with Crippen LogP contribution in [-0.2, 0) is 13.0 Å². The van der Waals surface area contributed by atoms with E-state index in [9.17, 15) is 4.79 Å². The van der Waals surface area contributed by atoms with Crippen LogP contribution in [0.4, 0.5) is 11.5 Å². The molecule has 0 radical (unpaired) electrons. The lowest BCUT2D eigenvalue weighted by Crippen LogP contribution is -2.25. The fraction of sp³-hybridized carbons (Fsp3) is 0.450. The number of amides is 1. The van der Waals surface area contributed by atoms with E-state index in [4.69, 9.17) is 5.73 Å². The number of unbranched alkanes of at least 4 members (excludes halogenated alkanes) is 2. The third-order valence-electron chi connectivity index (χ3n) is 4.78. The number of rotatable bonds is 10. The van der Waals surface area contributed by atoms with Crippen molar-refractivity contribution in [1.82, 2.24) is 29.8 Å². The molecule has 0 fully saturated rings. The van der Waals surface area contributed by atoms with Crippen molar-refractivity contribution in [3.63, 3.8) is 0 Å². The number of aromatic nitrogens is 5. The fourth-order valence-electron chi connectivity index (χ4n) is 3.16. The van der Waals surface area contributed by atoms with Crippen LogP contribution >= 0.6 is 0 Å². The molecular formula is C20H28N8O. The number of anilines is 2. The summed E-state index contributed by atoms with van der Waals surface area (Å²) >= 11 is 0. The first kappa shape index (κ1) is 20.5. The highest BCUT2D eigenvalue weighted by Gasteiger charge is 2.14. The van der Waals surface area contributed by atoms with E-state index in [0.717, 1.165) is 55.8 Å². The molecule has 0 aromatic carbocycles. The van der Waals surface area contributed by atoms with Gasteiger partial charge in [0.15, 0.2) is 17.0 Å². The summed E-state index contributed by atoms with van der Waals surface area (Å²) in [7, 11) is 1.80. The third-order valence-corrected chi connectivity index (χ3v) is 4.78. The maximum atomic E-state index is 12.3. The molecule has 3 aromatic rings. The Morgan fingerprint density at radius 3 is 2.86 bits per heavy atom. The lowest BCUT2D eigenvalue weighted by molar-refractivity contribution is 0.0952. The van der Waals surface area contributed by atoms with E-state index in [-0.39, 0.29) is 5.91 Å². The normalized spacial score (nSPS) is 11.0. The van der Waals surface area contributed by atoms with Gasteiger partial charge in [-0.15, -0.1) is 0 Å². The maximum Gasteiger partial charge on any atom is 0.252 e. The molecule has 154 valence electrons. The van der Waals surface area contributed by atoms with Crippen LogP contribution in [0.5, 0.6) is 0 Å². The summed E-state index contributed by atoms with van der Waals surface area (Å²) in [5, 5.41) is 5.93. The lowest BCUT2D eigenvalue weighted by atomic mass is 10.2. The van der Waals surface area contributed by atoms with E-state index in [2.05, 4.69) is 42.1 Å². The number of aryl methyl sites for hydroxylation is 2. The van der Waals surface area contributed by atoms with Gasteiger partial charge in [-0.2, -0.15) is 0 Å². The van der Waals surface area contributed by atoms with Crippen LogP contribution in [0.2, 0.25) is 0 Å². The van der Waals surface area contributed by atoms with Crippen LogP contribution in [-0.4, -0.2) is 44.0 Å². The molecule has 0 aliphatic rings. The number of hydrogen-bond acceptors (Lipinski definition) is 7. The smallest absolute Gasteiger partial charge is 0.252 e. The Morgan fingerprint density at radius 2 is 2.07 bits per heavy atom. The van der Waals surface area contributed by atoms with Crippen LogP contribution < -0.4 is 16.4 Å². The van der Waals surface area contributed by atoms with E-state index in [1.807, 2.05) is 0 Å².